The summed E-state index contributed by atoms with van der Waals surface area (Å²) in [7, 11) is 1.67. The molecule has 3 rings (SSSR count). The highest BCUT2D eigenvalue weighted by atomic mass is 32.1. The molecule has 0 spiro atoms. The van der Waals surface area contributed by atoms with Crippen molar-refractivity contribution < 1.29 is 4.74 Å². The molecule has 0 amide bonds. The number of aliphatic imine (C=N–C) groups is 1. The Balaban J connectivity index is 1.57. The van der Waals surface area contributed by atoms with E-state index >= 15 is 0 Å². The average Bonchev–Trinajstić information content (AvgIpc) is 3.38. The van der Waals surface area contributed by atoms with Gasteiger partial charge in [0.2, 0.25) is 0 Å². The maximum Gasteiger partial charge on any atom is 0.191 e. The fraction of sp³-hybridized carbons (Fsp3) is 0.300. The Hall–Kier alpha value is -2.80. The van der Waals surface area contributed by atoms with Gasteiger partial charge in [0, 0.05) is 43.0 Å². The van der Waals surface area contributed by atoms with Gasteiger partial charge in [-0.3, -0.25) is 0 Å². The molecule has 3 aromatic rings. The number of benzene rings is 1. The van der Waals surface area contributed by atoms with Gasteiger partial charge in [-0.25, -0.2) is 9.98 Å². The van der Waals surface area contributed by atoms with Gasteiger partial charge in [0.1, 0.15) is 10.8 Å². The van der Waals surface area contributed by atoms with Crippen LogP contribution in [0.5, 0.6) is 5.75 Å². The molecule has 2 aromatic heterocycles. The predicted molar refractivity (Wildman–Crippen MR) is 111 cm³/mol. The maximum absolute atomic E-state index is 5.20. The van der Waals surface area contributed by atoms with E-state index in [2.05, 4.69) is 44.9 Å². The van der Waals surface area contributed by atoms with E-state index < -0.39 is 0 Å². The van der Waals surface area contributed by atoms with E-state index in [1.807, 2.05) is 36.4 Å². The number of methoxy groups -OCH3 is 1. The fourth-order valence-electron chi connectivity index (χ4n) is 2.57. The summed E-state index contributed by atoms with van der Waals surface area (Å²) in [6.07, 6.45) is 4.11. The number of aromatic nitrogens is 2. The Labute approximate surface area is 163 Å². The zero-order valence-electron chi connectivity index (χ0n) is 15.7. The average molecular weight is 384 g/mol. The van der Waals surface area contributed by atoms with Crippen LogP contribution in [-0.4, -0.2) is 35.7 Å². The first-order chi connectivity index (χ1) is 13.3. The van der Waals surface area contributed by atoms with Crippen LogP contribution in [0, 0.1) is 0 Å². The number of hydrogen-bond donors (Lipinski definition) is 2. The molecular weight excluding hydrogens is 358 g/mol. The van der Waals surface area contributed by atoms with Gasteiger partial charge >= 0.3 is 0 Å². The topological polar surface area (TPSA) is 63.5 Å². The number of nitrogens with zero attached hydrogens (tertiary/aromatic N) is 3. The highest BCUT2D eigenvalue weighted by Gasteiger charge is 2.05. The predicted octanol–water partition coefficient (Wildman–Crippen LogP) is 3.38. The molecule has 6 nitrogen and oxygen atoms in total. The van der Waals surface area contributed by atoms with Gasteiger partial charge in [-0.15, -0.1) is 11.3 Å². The third-order valence-corrected chi connectivity index (χ3v) is 4.90. The van der Waals surface area contributed by atoms with Crippen LogP contribution >= 0.6 is 11.3 Å². The number of guanidine groups is 1. The van der Waals surface area contributed by atoms with Crippen molar-refractivity contribution in [1.82, 2.24) is 20.2 Å². The highest BCUT2D eigenvalue weighted by molar-refractivity contribution is 7.13. The third-order valence-electron chi connectivity index (χ3n) is 3.96. The Morgan fingerprint density at radius 1 is 1.19 bits per heavy atom. The second-order valence-electron chi connectivity index (χ2n) is 5.92. The molecule has 142 valence electrons. The molecule has 2 N–H and O–H groups in total. The van der Waals surface area contributed by atoms with Crippen LogP contribution in [0.15, 0.2) is 59.2 Å². The third kappa shape index (κ3) is 5.59. The largest absolute Gasteiger partial charge is 0.497 e. The zero-order valence-corrected chi connectivity index (χ0v) is 16.5. The van der Waals surface area contributed by atoms with Gasteiger partial charge < -0.3 is 19.9 Å². The van der Waals surface area contributed by atoms with Gasteiger partial charge in [-0.05, 0) is 43.3 Å². The van der Waals surface area contributed by atoms with Crippen molar-refractivity contribution in [3.05, 3.63) is 59.9 Å². The normalized spacial score (nSPS) is 11.4. The summed E-state index contributed by atoms with van der Waals surface area (Å²) in [4.78, 5) is 9.35. The van der Waals surface area contributed by atoms with E-state index in [1.165, 1.54) is 0 Å². The van der Waals surface area contributed by atoms with E-state index in [1.54, 1.807) is 18.4 Å². The van der Waals surface area contributed by atoms with Crippen LogP contribution in [0.3, 0.4) is 0 Å². The zero-order chi connectivity index (χ0) is 18.9. The monoisotopic (exact) mass is 383 g/mol. The lowest BCUT2D eigenvalue weighted by atomic mass is 10.2. The lowest BCUT2D eigenvalue weighted by Gasteiger charge is -2.11. The van der Waals surface area contributed by atoms with Crippen molar-refractivity contribution in [2.45, 2.75) is 20.0 Å². The Kier molecular flexibility index (Phi) is 6.87. The molecule has 1 aromatic carbocycles. The maximum atomic E-state index is 5.20. The second kappa shape index (κ2) is 9.78. The summed E-state index contributed by atoms with van der Waals surface area (Å²) in [5.41, 5.74) is 2.06. The molecule has 0 radical (unpaired) electrons. The van der Waals surface area contributed by atoms with Crippen LogP contribution in [0.25, 0.3) is 10.6 Å². The lowest BCUT2D eigenvalue weighted by Crippen LogP contribution is -2.38. The lowest BCUT2D eigenvalue weighted by molar-refractivity contribution is 0.415. The van der Waals surface area contributed by atoms with Gasteiger partial charge in [-0.1, -0.05) is 0 Å². The first-order valence-electron chi connectivity index (χ1n) is 9.00. The van der Waals surface area contributed by atoms with E-state index in [-0.39, 0.29) is 0 Å². The number of rotatable bonds is 8. The molecule has 2 heterocycles. The number of hydrogen-bond acceptors (Lipinski definition) is 4. The van der Waals surface area contributed by atoms with Gasteiger partial charge in [0.25, 0.3) is 0 Å². The summed E-state index contributed by atoms with van der Waals surface area (Å²) in [6, 6.07) is 12.0. The number of ether oxygens (including phenoxy) is 1. The van der Waals surface area contributed by atoms with E-state index in [4.69, 9.17) is 9.72 Å². The van der Waals surface area contributed by atoms with Gasteiger partial charge in [0.15, 0.2) is 5.96 Å². The molecule has 0 aliphatic carbocycles. The molecule has 7 heteroatoms. The summed E-state index contributed by atoms with van der Waals surface area (Å²) in [5.74, 6) is 1.66. The fourth-order valence-corrected chi connectivity index (χ4v) is 3.39. The molecule has 0 saturated heterocycles. The van der Waals surface area contributed by atoms with Gasteiger partial charge in [0.05, 0.1) is 19.3 Å². The Morgan fingerprint density at radius 3 is 2.67 bits per heavy atom. The minimum atomic E-state index is 0.547. The SMILES string of the molecule is CCNC(=NCc1csc(-c2ccc(OC)cc2)n1)NCCn1cccc1. The smallest absolute Gasteiger partial charge is 0.191 e. The highest BCUT2D eigenvalue weighted by Crippen LogP contribution is 2.25. The molecule has 0 unspecified atom stereocenters. The molecular formula is C20H25N5OS. The minimum absolute atomic E-state index is 0.547. The molecule has 27 heavy (non-hydrogen) atoms. The quantitative estimate of drug-likeness (QED) is 0.462. The van der Waals surface area contributed by atoms with Crippen molar-refractivity contribution in [3.63, 3.8) is 0 Å². The first-order valence-corrected chi connectivity index (χ1v) is 9.88. The van der Waals surface area contributed by atoms with Crippen molar-refractivity contribution in [2.75, 3.05) is 20.2 Å². The summed E-state index contributed by atoms with van der Waals surface area (Å²) >= 11 is 1.63. The number of thiazole rings is 1. The van der Waals surface area contributed by atoms with Crippen LogP contribution in [0.1, 0.15) is 12.6 Å². The molecule has 0 bridgehead atoms. The molecule has 0 atom stereocenters. The van der Waals surface area contributed by atoms with Crippen LogP contribution < -0.4 is 15.4 Å². The van der Waals surface area contributed by atoms with Gasteiger partial charge in [-0.2, -0.15) is 0 Å². The summed E-state index contributed by atoms with van der Waals surface area (Å²) < 4.78 is 7.34. The standard InChI is InChI=1S/C20H25N5OS/c1-3-21-20(22-10-13-25-11-4-5-12-25)23-14-17-15-27-19(24-17)16-6-8-18(26-2)9-7-16/h4-9,11-12,15H,3,10,13-14H2,1-2H3,(H2,21,22,23). The molecule has 0 saturated carbocycles. The Morgan fingerprint density at radius 2 is 1.96 bits per heavy atom. The van der Waals surface area contributed by atoms with E-state index in [0.717, 1.165) is 47.6 Å². The van der Waals surface area contributed by atoms with Crippen LogP contribution in [0.2, 0.25) is 0 Å². The Bertz CT molecular complexity index is 840. The van der Waals surface area contributed by atoms with Crippen molar-refractivity contribution in [3.8, 4) is 16.3 Å². The molecule has 0 fully saturated rings. The molecule has 0 aliphatic rings. The van der Waals surface area contributed by atoms with E-state index in [9.17, 15) is 0 Å². The van der Waals surface area contributed by atoms with Crippen molar-refractivity contribution >= 4 is 17.3 Å². The van der Waals surface area contributed by atoms with Crippen molar-refractivity contribution in [2.24, 2.45) is 4.99 Å². The summed E-state index contributed by atoms with van der Waals surface area (Å²) in [6.45, 7) is 5.15. The molecule has 0 aliphatic heterocycles. The second-order valence-corrected chi connectivity index (χ2v) is 6.77. The minimum Gasteiger partial charge on any atom is -0.497 e. The van der Waals surface area contributed by atoms with Crippen molar-refractivity contribution in [1.29, 1.82) is 0 Å². The summed E-state index contributed by atoms with van der Waals surface area (Å²) in [5, 5.41) is 9.69. The first kappa shape index (κ1) is 19.0. The van der Waals surface area contributed by atoms with Crippen LogP contribution in [-0.2, 0) is 13.1 Å². The van der Waals surface area contributed by atoms with E-state index in [0.29, 0.717) is 6.54 Å². The number of nitrogens with one attached hydrogen (secondary N) is 2. The van der Waals surface area contributed by atoms with Crippen LogP contribution in [0.4, 0.5) is 0 Å².